The number of hydrogen-bond donors (Lipinski definition) is 0. The van der Waals surface area contributed by atoms with Gasteiger partial charge in [-0.1, -0.05) is 48.0 Å². The number of aromatic nitrogens is 1. The lowest BCUT2D eigenvalue weighted by Gasteiger charge is -2.23. The maximum absolute atomic E-state index is 6.05. The number of thiazole rings is 1. The van der Waals surface area contributed by atoms with E-state index >= 15 is 0 Å². The van der Waals surface area contributed by atoms with Crippen molar-refractivity contribution >= 4 is 52.2 Å². The standard InChI is InChI=1S/C12H14Cl3NS/c13-7-9(8-4-2-1-3-5-8)6-10-11(14)16-12(15)17-10/h6,8H,1-5,7H2. The Bertz CT molecular complexity index is 408. The Morgan fingerprint density at radius 1 is 1.29 bits per heavy atom. The summed E-state index contributed by atoms with van der Waals surface area (Å²) >= 11 is 19.3. The molecule has 0 saturated heterocycles. The van der Waals surface area contributed by atoms with Gasteiger partial charge in [0.25, 0.3) is 0 Å². The van der Waals surface area contributed by atoms with Crippen molar-refractivity contribution in [2.24, 2.45) is 5.92 Å². The van der Waals surface area contributed by atoms with Crippen LogP contribution < -0.4 is 0 Å². The summed E-state index contributed by atoms with van der Waals surface area (Å²) in [4.78, 5) is 4.93. The second kappa shape index (κ2) is 6.42. The molecule has 0 bridgehead atoms. The Labute approximate surface area is 121 Å². The third kappa shape index (κ3) is 3.60. The third-order valence-electron chi connectivity index (χ3n) is 3.18. The SMILES string of the molecule is ClCC(=Cc1sc(Cl)nc1Cl)C1CCCCC1. The van der Waals surface area contributed by atoms with E-state index in [0.29, 0.717) is 21.4 Å². The number of nitrogens with zero attached hydrogens (tertiary/aromatic N) is 1. The van der Waals surface area contributed by atoms with Crippen molar-refractivity contribution in [1.82, 2.24) is 4.98 Å². The molecule has 0 unspecified atom stereocenters. The van der Waals surface area contributed by atoms with Gasteiger partial charge in [-0.2, -0.15) is 0 Å². The summed E-state index contributed by atoms with van der Waals surface area (Å²) in [5.41, 5.74) is 1.27. The first-order chi connectivity index (χ1) is 8.20. The quantitative estimate of drug-likeness (QED) is 0.657. The maximum atomic E-state index is 6.05. The van der Waals surface area contributed by atoms with E-state index in [9.17, 15) is 0 Å². The average Bonchev–Trinajstić information content (AvgIpc) is 2.66. The van der Waals surface area contributed by atoms with Crippen LogP contribution in [-0.2, 0) is 0 Å². The van der Waals surface area contributed by atoms with E-state index in [0.717, 1.165) is 4.88 Å². The molecule has 0 radical (unpaired) electrons. The topological polar surface area (TPSA) is 12.9 Å². The molecule has 17 heavy (non-hydrogen) atoms. The lowest BCUT2D eigenvalue weighted by Crippen LogP contribution is -2.10. The molecule has 0 aromatic carbocycles. The van der Waals surface area contributed by atoms with Crippen LogP contribution in [0.2, 0.25) is 9.62 Å². The number of hydrogen-bond acceptors (Lipinski definition) is 2. The second-order valence-electron chi connectivity index (χ2n) is 4.31. The predicted octanol–water partition coefficient (Wildman–Crippen LogP) is 5.65. The highest BCUT2D eigenvalue weighted by molar-refractivity contribution is 7.17. The summed E-state index contributed by atoms with van der Waals surface area (Å²) in [6.45, 7) is 0. The first-order valence-electron chi connectivity index (χ1n) is 5.79. The summed E-state index contributed by atoms with van der Waals surface area (Å²) in [5.74, 6) is 1.18. The minimum atomic E-state index is 0.485. The van der Waals surface area contributed by atoms with Crippen molar-refractivity contribution in [2.75, 3.05) is 5.88 Å². The normalized spacial score (nSPS) is 18.6. The van der Waals surface area contributed by atoms with Crippen molar-refractivity contribution in [3.05, 3.63) is 20.1 Å². The van der Waals surface area contributed by atoms with Gasteiger partial charge in [0.1, 0.15) is 5.15 Å². The van der Waals surface area contributed by atoms with Crippen LogP contribution in [0.4, 0.5) is 0 Å². The zero-order valence-electron chi connectivity index (χ0n) is 9.39. The molecule has 1 heterocycles. The molecule has 1 fully saturated rings. The van der Waals surface area contributed by atoms with Crippen LogP contribution in [0.1, 0.15) is 37.0 Å². The number of halogens is 3. The zero-order valence-corrected chi connectivity index (χ0v) is 12.5. The highest BCUT2D eigenvalue weighted by atomic mass is 35.5. The van der Waals surface area contributed by atoms with E-state index in [2.05, 4.69) is 11.1 Å². The van der Waals surface area contributed by atoms with E-state index in [4.69, 9.17) is 34.8 Å². The summed E-state index contributed by atoms with van der Waals surface area (Å²) in [6, 6.07) is 0. The highest BCUT2D eigenvalue weighted by Gasteiger charge is 2.18. The minimum absolute atomic E-state index is 0.485. The van der Waals surface area contributed by atoms with Gasteiger partial charge in [-0.25, -0.2) is 4.98 Å². The Morgan fingerprint density at radius 3 is 2.53 bits per heavy atom. The van der Waals surface area contributed by atoms with Gasteiger partial charge in [-0.15, -0.1) is 22.9 Å². The Balaban J connectivity index is 2.19. The second-order valence-corrected chi connectivity index (χ2v) is 6.55. The van der Waals surface area contributed by atoms with Gasteiger partial charge < -0.3 is 0 Å². The smallest absolute Gasteiger partial charge is 0.185 e. The molecule has 0 atom stereocenters. The molecule has 1 saturated carbocycles. The number of rotatable bonds is 3. The first-order valence-corrected chi connectivity index (χ1v) is 7.89. The molecule has 5 heteroatoms. The van der Waals surface area contributed by atoms with E-state index in [1.54, 1.807) is 0 Å². The van der Waals surface area contributed by atoms with Crippen molar-refractivity contribution in [3.8, 4) is 0 Å². The molecule has 1 nitrogen and oxygen atoms in total. The van der Waals surface area contributed by atoms with Gasteiger partial charge in [0.15, 0.2) is 4.47 Å². The van der Waals surface area contributed by atoms with Crippen molar-refractivity contribution < 1.29 is 0 Å². The molecule has 0 spiro atoms. The van der Waals surface area contributed by atoms with Crippen molar-refractivity contribution in [2.45, 2.75) is 32.1 Å². The summed E-state index contributed by atoms with van der Waals surface area (Å²) in [7, 11) is 0. The van der Waals surface area contributed by atoms with Gasteiger partial charge in [-0.05, 0) is 24.8 Å². The fraction of sp³-hybridized carbons (Fsp3) is 0.583. The van der Waals surface area contributed by atoms with Crippen LogP contribution >= 0.6 is 46.1 Å². The number of allylic oxidation sites excluding steroid dienone is 1. The molecular formula is C12H14Cl3NS. The molecule has 1 aliphatic rings. The lowest BCUT2D eigenvalue weighted by atomic mass is 9.84. The van der Waals surface area contributed by atoms with Crippen molar-refractivity contribution in [3.63, 3.8) is 0 Å². The molecule has 0 aliphatic heterocycles. The van der Waals surface area contributed by atoms with Crippen LogP contribution in [0, 0.1) is 5.92 Å². The monoisotopic (exact) mass is 309 g/mol. The Morgan fingerprint density at radius 2 is 2.00 bits per heavy atom. The molecular weight excluding hydrogens is 297 g/mol. The fourth-order valence-electron chi connectivity index (χ4n) is 2.28. The summed E-state index contributed by atoms with van der Waals surface area (Å²) in [5, 5.41) is 0.485. The van der Waals surface area contributed by atoms with Crippen LogP contribution in [0.5, 0.6) is 0 Å². The molecule has 94 valence electrons. The van der Waals surface area contributed by atoms with Gasteiger partial charge in [0, 0.05) is 5.88 Å². The lowest BCUT2D eigenvalue weighted by molar-refractivity contribution is 0.405. The van der Waals surface area contributed by atoms with Crippen LogP contribution in [0.3, 0.4) is 0 Å². The first kappa shape index (κ1) is 13.7. The highest BCUT2D eigenvalue weighted by Crippen LogP contribution is 2.34. The summed E-state index contributed by atoms with van der Waals surface area (Å²) in [6.07, 6.45) is 8.51. The minimum Gasteiger partial charge on any atom is -0.212 e. The van der Waals surface area contributed by atoms with E-state index in [1.165, 1.54) is 49.0 Å². The third-order valence-corrected chi connectivity index (χ3v) is 5.00. The Kier molecular flexibility index (Phi) is 5.16. The van der Waals surface area contributed by atoms with Gasteiger partial charge in [0.05, 0.1) is 4.88 Å². The summed E-state index contributed by atoms with van der Waals surface area (Å²) < 4.78 is 0.485. The molecule has 2 rings (SSSR count). The number of alkyl halides is 1. The van der Waals surface area contributed by atoms with Crippen molar-refractivity contribution in [1.29, 1.82) is 0 Å². The molecule has 0 amide bonds. The Hall–Kier alpha value is 0.240. The predicted molar refractivity (Wildman–Crippen MR) is 77.4 cm³/mol. The largest absolute Gasteiger partial charge is 0.212 e. The van der Waals surface area contributed by atoms with Crippen LogP contribution in [0.25, 0.3) is 6.08 Å². The van der Waals surface area contributed by atoms with Gasteiger partial charge in [-0.3, -0.25) is 0 Å². The maximum Gasteiger partial charge on any atom is 0.185 e. The zero-order chi connectivity index (χ0) is 12.3. The van der Waals surface area contributed by atoms with E-state index < -0.39 is 0 Å². The van der Waals surface area contributed by atoms with E-state index in [1.807, 2.05) is 0 Å². The molecule has 1 aromatic rings. The van der Waals surface area contributed by atoms with Gasteiger partial charge >= 0.3 is 0 Å². The molecule has 0 N–H and O–H groups in total. The van der Waals surface area contributed by atoms with E-state index in [-0.39, 0.29) is 0 Å². The average molecular weight is 311 g/mol. The molecule has 1 aromatic heterocycles. The van der Waals surface area contributed by atoms with Crippen LogP contribution in [0.15, 0.2) is 5.57 Å². The van der Waals surface area contributed by atoms with Gasteiger partial charge in [0.2, 0.25) is 0 Å². The van der Waals surface area contributed by atoms with Crippen LogP contribution in [-0.4, -0.2) is 10.9 Å². The molecule has 1 aliphatic carbocycles. The fourth-order valence-corrected chi connectivity index (χ4v) is 3.92.